The zero-order valence-electron chi connectivity index (χ0n) is 14.7. The minimum Gasteiger partial charge on any atom is -0.505 e. The maximum Gasteiger partial charge on any atom is 0.337 e. The van der Waals surface area contributed by atoms with Crippen molar-refractivity contribution in [3.63, 3.8) is 0 Å². The fraction of sp³-hybridized carbons (Fsp3) is 0. The molecule has 0 fully saturated rings. The Balaban J connectivity index is 2.40. The van der Waals surface area contributed by atoms with Crippen molar-refractivity contribution in [2.45, 2.75) is 0 Å². The molecule has 0 unspecified atom stereocenters. The average molecular weight is 717 g/mol. The SMILES string of the molecule is O=C(O)c1c(Cl)ccc(Cl)c1-c1c2cc(Br)c(=O)c(Br)c-2oc2c(Br)c(O)c(Br)cc12. The summed E-state index contributed by atoms with van der Waals surface area (Å²) in [6.45, 7) is 0. The Morgan fingerprint density at radius 1 is 0.935 bits per heavy atom. The van der Waals surface area contributed by atoms with Crippen molar-refractivity contribution in [1.29, 1.82) is 0 Å². The molecule has 0 spiro atoms. The molecule has 2 aliphatic rings. The van der Waals surface area contributed by atoms with E-state index in [0.717, 1.165) is 0 Å². The van der Waals surface area contributed by atoms with E-state index in [0.29, 0.717) is 21.0 Å². The van der Waals surface area contributed by atoms with Gasteiger partial charge in [-0.3, -0.25) is 4.79 Å². The summed E-state index contributed by atoms with van der Waals surface area (Å²) >= 11 is 25.8. The van der Waals surface area contributed by atoms with E-state index in [4.69, 9.17) is 27.6 Å². The Labute approximate surface area is 217 Å². The topological polar surface area (TPSA) is 87.7 Å². The quantitative estimate of drug-likeness (QED) is 0.204. The van der Waals surface area contributed by atoms with Crippen LogP contribution in [0.25, 0.3) is 33.4 Å². The van der Waals surface area contributed by atoms with Crippen LogP contribution < -0.4 is 5.43 Å². The van der Waals surface area contributed by atoms with Crippen LogP contribution in [0.2, 0.25) is 10.0 Å². The normalized spacial score (nSPS) is 11.4. The summed E-state index contributed by atoms with van der Waals surface area (Å²) in [6, 6.07) is 5.99. The van der Waals surface area contributed by atoms with Gasteiger partial charge >= 0.3 is 5.97 Å². The molecule has 31 heavy (non-hydrogen) atoms. The maximum absolute atomic E-state index is 12.5. The molecular formula is C20H6Br4Cl2O5. The van der Waals surface area contributed by atoms with Gasteiger partial charge in [0.15, 0.2) is 11.3 Å². The number of phenolic OH excluding ortho intramolecular Hbond substituents is 1. The second-order valence-corrected chi connectivity index (χ2v) is 10.4. The van der Waals surface area contributed by atoms with Crippen molar-refractivity contribution in [2.24, 2.45) is 0 Å². The minimum absolute atomic E-state index is 0.00974. The number of halogens is 6. The summed E-state index contributed by atoms with van der Waals surface area (Å²) in [6.07, 6.45) is 0. The lowest BCUT2D eigenvalue weighted by atomic mass is 9.90. The van der Waals surface area contributed by atoms with Crippen molar-refractivity contribution < 1.29 is 19.4 Å². The first-order chi connectivity index (χ1) is 14.5. The fourth-order valence-electron chi connectivity index (χ4n) is 3.27. The van der Waals surface area contributed by atoms with Crippen LogP contribution in [0.1, 0.15) is 10.4 Å². The number of hydrogen-bond donors (Lipinski definition) is 2. The summed E-state index contributed by atoms with van der Waals surface area (Å²) in [5.74, 6) is -1.27. The molecule has 2 aromatic rings. The molecule has 0 amide bonds. The van der Waals surface area contributed by atoms with Crippen LogP contribution in [-0.2, 0) is 0 Å². The zero-order chi connectivity index (χ0) is 22.8. The molecule has 1 aliphatic heterocycles. The number of aromatic hydroxyl groups is 1. The lowest BCUT2D eigenvalue weighted by Gasteiger charge is -2.20. The number of carbonyl (C=O) groups is 1. The monoisotopic (exact) mass is 712 g/mol. The number of phenols is 1. The van der Waals surface area contributed by atoms with Gasteiger partial charge < -0.3 is 14.6 Å². The minimum atomic E-state index is -1.28. The Morgan fingerprint density at radius 3 is 2.23 bits per heavy atom. The molecule has 4 rings (SSSR count). The van der Waals surface area contributed by atoms with E-state index in [2.05, 4.69) is 63.7 Å². The first-order valence-corrected chi connectivity index (χ1v) is 12.1. The zero-order valence-corrected chi connectivity index (χ0v) is 22.6. The maximum atomic E-state index is 12.5. The second kappa shape index (κ2) is 8.35. The van der Waals surface area contributed by atoms with E-state index in [-0.39, 0.29) is 57.1 Å². The molecule has 158 valence electrons. The molecule has 0 saturated heterocycles. The van der Waals surface area contributed by atoms with Gasteiger partial charge in [0.05, 0.1) is 19.5 Å². The number of carboxylic acids is 1. The number of carboxylic acid groups (broad SMARTS) is 1. The molecule has 5 nitrogen and oxygen atoms in total. The van der Waals surface area contributed by atoms with Gasteiger partial charge in [-0.2, -0.15) is 0 Å². The average Bonchev–Trinajstić information content (AvgIpc) is 2.71. The largest absolute Gasteiger partial charge is 0.505 e. The molecule has 2 aromatic carbocycles. The van der Waals surface area contributed by atoms with E-state index in [1.807, 2.05) is 0 Å². The molecule has 11 heteroatoms. The third-order valence-corrected chi connectivity index (χ3v) is 7.87. The number of hydrogen-bond acceptors (Lipinski definition) is 4. The van der Waals surface area contributed by atoms with Gasteiger partial charge in [0.1, 0.15) is 14.7 Å². The van der Waals surface area contributed by atoms with E-state index in [9.17, 15) is 19.8 Å². The Morgan fingerprint density at radius 2 is 1.58 bits per heavy atom. The van der Waals surface area contributed by atoms with Gasteiger partial charge in [-0.25, -0.2) is 4.79 Å². The summed E-state index contributed by atoms with van der Waals surface area (Å²) in [7, 11) is 0. The lowest BCUT2D eigenvalue weighted by molar-refractivity contribution is 0.0698. The number of rotatable bonds is 2. The van der Waals surface area contributed by atoms with Crippen LogP contribution in [0, 0.1) is 0 Å². The lowest BCUT2D eigenvalue weighted by Crippen LogP contribution is -2.08. The molecule has 0 bridgehead atoms. The fourth-order valence-corrected chi connectivity index (χ4v) is 6.16. The standard InChI is InChI=1S/C20H6Br4Cl2O5/c21-7-3-5-11(12-9(25)1-2-10(26)13(12)20(29)30)6-4-8(22)17(28)15(24)19(6)31-18(5)14(23)16(7)27/h1-4,27H,(H,29,30). The van der Waals surface area contributed by atoms with Crippen LogP contribution in [-0.4, -0.2) is 16.2 Å². The van der Waals surface area contributed by atoms with Crippen LogP contribution in [0.15, 0.2) is 51.4 Å². The summed E-state index contributed by atoms with van der Waals surface area (Å²) in [5.41, 5.74) is 0.523. The Bertz CT molecular complexity index is 1470. The van der Waals surface area contributed by atoms with Gasteiger partial charge in [0, 0.05) is 27.1 Å². The third kappa shape index (κ3) is 3.63. The second-order valence-electron chi connectivity index (χ2n) is 6.34. The summed E-state index contributed by atoms with van der Waals surface area (Å²) in [4.78, 5) is 24.6. The van der Waals surface area contributed by atoms with Crippen molar-refractivity contribution in [1.82, 2.24) is 0 Å². The molecule has 0 aromatic heterocycles. The number of aromatic carboxylic acids is 1. The highest BCUT2D eigenvalue weighted by Crippen LogP contribution is 2.51. The third-order valence-electron chi connectivity index (χ3n) is 4.59. The molecular weight excluding hydrogens is 711 g/mol. The Kier molecular flexibility index (Phi) is 6.22. The predicted octanol–water partition coefficient (Wildman–Crippen LogP) is 8.33. The van der Waals surface area contributed by atoms with Crippen molar-refractivity contribution >= 4 is 104 Å². The molecule has 0 atom stereocenters. The molecule has 2 N–H and O–H groups in total. The van der Waals surface area contributed by atoms with Crippen LogP contribution in [0.3, 0.4) is 0 Å². The van der Waals surface area contributed by atoms with Gasteiger partial charge in [-0.05, 0) is 88.0 Å². The molecule has 0 saturated carbocycles. The highest BCUT2D eigenvalue weighted by atomic mass is 79.9. The highest BCUT2D eigenvalue weighted by molar-refractivity contribution is 9.11. The first-order valence-electron chi connectivity index (χ1n) is 8.21. The van der Waals surface area contributed by atoms with Gasteiger partial charge in [0.2, 0.25) is 5.43 Å². The van der Waals surface area contributed by atoms with Crippen molar-refractivity contribution in [3.05, 3.63) is 68.0 Å². The first kappa shape index (κ1) is 23.1. The van der Waals surface area contributed by atoms with Crippen molar-refractivity contribution in [3.8, 4) is 28.2 Å². The Hall–Kier alpha value is -1.10. The van der Waals surface area contributed by atoms with Gasteiger partial charge in [0.25, 0.3) is 0 Å². The molecule has 0 radical (unpaired) electrons. The number of fused-ring (bicyclic) bond motifs is 2. The van der Waals surface area contributed by atoms with E-state index < -0.39 is 5.97 Å². The van der Waals surface area contributed by atoms with E-state index in [1.54, 1.807) is 6.07 Å². The smallest absolute Gasteiger partial charge is 0.337 e. The van der Waals surface area contributed by atoms with Crippen LogP contribution in [0.5, 0.6) is 5.75 Å². The summed E-state index contributed by atoms with van der Waals surface area (Å²) in [5, 5.41) is 20.8. The summed E-state index contributed by atoms with van der Waals surface area (Å²) < 4.78 is 6.88. The van der Waals surface area contributed by atoms with Gasteiger partial charge in [-0.15, -0.1) is 0 Å². The predicted molar refractivity (Wildman–Crippen MR) is 134 cm³/mol. The van der Waals surface area contributed by atoms with Gasteiger partial charge in [-0.1, -0.05) is 23.2 Å². The van der Waals surface area contributed by atoms with Crippen LogP contribution in [0.4, 0.5) is 0 Å². The van der Waals surface area contributed by atoms with Crippen molar-refractivity contribution in [2.75, 3.05) is 0 Å². The molecule has 1 aliphatic carbocycles. The highest BCUT2D eigenvalue weighted by Gasteiger charge is 2.29. The van der Waals surface area contributed by atoms with E-state index in [1.165, 1.54) is 18.2 Å². The van der Waals surface area contributed by atoms with E-state index >= 15 is 0 Å². The molecule has 1 heterocycles. The van der Waals surface area contributed by atoms with Crippen LogP contribution >= 0.6 is 86.9 Å². The number of benzene rings is 3.